The van der Waals surface area contributed by atoms with E-state index >= 15 is 0 Å². The molecular weight excluding hydrogens is 342 g/mol. The molecule has 0 unspecified atom stereocenters. The lowest BCUT2D eigenvalue weighted by Crippen LogP contribution is -2.39. The van der Waals surface area contributed by atoms with E-state index in [1.807, 2.05) is 43.3 Å². The Labute approximate surface area is 158 Å². The van der Waals surface area contributed by atoms with Gasteiger partial charge in [-0.05, 0) is 13.0 Å². The second-order valence-corrected chi connectivity index (χ2v) is 6.48. The summed E-state index contributed by atoms with van der Waals surface area (Å²) in [7, 11) is 0. The van der Waals surface area contributed by atoms with E-state index in [4.69, 9.17) is 9.26 Å². The van der Waals surface area contributed by atoms with Crippen molar-refractivity contribution < 1.29 is 9.26 Å². The van der Waals surface area contributed by atoms with Crippen molar-refractivity contribution in [3.63, 3.8) is 0 Å². The van der Waals surface area contributed by atoms with Gasteiger partial charge < -0.3 is 14.6 Å². The molecule has 0 bridgehead atoms. The van der Waals surface area contributed by atoms with Gasteiger partial charge in [-0.3, -0.25) is 4.90 Å². The first-order valence-electron chi connectivity index (χ1n) is 9.20. The third-order valence-electron chi connectivity index (χ3n) is 4.63. The van der Waals surface area contributed by atoms with Crippen LogP contribution in [0.2, 0.25) is 0 Å². The van der Waals surface area contributed by atoms with Crippen LogP contribution in [0.4, 0.5) is 5.95 Å². The molecule has 4 rings (SSSR count). The fraction of sp³-hybridized carbons (Fsp3) is 0.350. The highest BCUT2D eigenvalue weighted by Crippen LogP contribution is 2.33. The van der Waals surface area contributed by atoms with E-state index in [2.05, 4.69) is 25.3 Å². The van der Waals surface area contributed by atoms with Crippen LogP contribution in [0.3, 0.4) is 0 Å². The van der Waals surface area contributed by atoms with Crippen molar-refractivity contribution in [2.24, 2.45) is 0 Å². The van der Waals surface area contributed by atoms with Gasteiger partial charge in [0.05, 0.1) is 30.2 Å². The van der Waals surface area contributed by atoms with Crippen LogP contribution >= 0.6 is 0 Å². The van der Waals surface area contributed by atoms with E-state index in [1.54, 1.807) is 6.20 Å². The van der Waals surface area contributed by atoms with Crippen LogP contribution in [-0.2, 0) is 4.74 Å². The maximum absolute atomic E-state index is 5.59. The van der Waals surface area contributed by atoms with Crippen molar-refractivity contribution >= 4 is 5.95 Å². The number of ether oxygens (including phenoxy) is 1. The van der Waals surface area contributed by atoms with E-state index in [0.717, 1.165) is 67.7 Å². The van der Waals surface area contributed by atoms with Gasteiger partial charge in [0.1, 0.15) is 0 Å². The summed E-state index contributed by atoms with van der Waals surface area (Å²) in [6.07, 6.45) is 1.76. The van der Waals surface area contributed by atoms with Gasteiger partial charge in [-0.1, -0.05) is 35.5 Å². The minimum Gasteiger partial charge on any atom is -0.379 e. The maximum Gasteiger partial charge on any atom is 0.223 e. The quantitative estimate of drug-likeness (QED) is 0.720. The molecule has 0 aliphatic carbocycles. The molecule has 7 nitrogen and oxygen atoms in total. The van der Waals surface area contributed by atoms with E-state index in [9.17, 15) is 0 Å². The van der Waals surface area contributed by atoms with Crippen molar-refractivity contribution in [3.8, 4) is 22.6 Å². The molecule has 1 saturated heterocycles. The van der Waals surface area contributed by atoms with E-state index < -0.39 is 0 Å². The van der Waals surface area contributed by atoms with Crippen molar-refractivity contribution in [1.82, 2.24) is 20.0 Å². The van der Waals surface area contributed by atoms with Crippen molar-refractivity contribution in [2.45, 2.75) is 6.92 Å². The van der Waals surface area contributed by atoms with Crippen molar-refractivity contribution in [3.05, 3.63) is 48.3 Å². The minimum absolute atomic E-state index is 0.611. The average molecular weight is 365 g/mol. The molecule has 1 aliphatic rings. The van der Waals surface area contributed by atoms with Gasteiger partial charge in [-0.25, -0.2) is 9.97 Å². The first kappa shape index (κ1) is 17.6. The van der Waals surface area contributed by atoms with Crippen LogP contribution in [0.25, 0.3) is 22.6 Å². The molecule has 1 aromatic carbocycles. The fourth-order valence-electron chi connectivity index (χ4n) is 3.19. The topological polar surface area (TPSA) is 76.3 Å². The van der Waals surface area contributed by atoms with Crippen LogP contribution < -0.4 is 5.32 Å². The summed E-state index contributed by atoms with van der Waals surface area (Å²) in [5.41, 5.74) is 3.50. The molecule has 0 amide bonds. The Hall–Kier alpha value is -2.77. The zero-order chi connectivity index (χ0) is 18.5. The van der Waals surface area contributed by atoms with Crippen LogP contribution in [0.15, 0.2) is 47.1 Å². The predicted octanol–water partition coefficient (Wildman–Crippen LogP) is 2.85. The molecule has 27 heavy (non-hydrogen) atoms. The number of aromatic nitrogens is 3. The standard InChI is InChI=1S/C20H23N5O2/c1-15-18(19(27-24-15)16-5-3-2-4-6-16)17-7-8-21-20(23-17)22-9-10-25-11-13-26-14-12-25/h2-8H,9-14H2,1H3,(H,21,22,23). The molecule has 1 N–H and O–H groups in total. The van der Waals surface area contributed by atoms with Crippen LogP contribution in [0.1, 0.15) is 5.69 Å². The number of rotatable bonds is 6. The van der Waals surface area contributed by atoms with Crippen molar-refractivity contribution in [2.75, 3.05) is 44.7 Å². The highest BCUT2D eigenvalue weighted by atomic mass is 16.5. The largest absolute Gasteiger partial charge is 0.379 e. The van der Waals surface area contributed by atoms with Crippen molar-refractivity contribution in [1.29, 1.82) is 0 Å². The fourth-order valence-corrected chi connectivity index (χ4v) is 3.19. The normalized spacial score (nSPS) is 15.0. The first-order chi connectivity index (χ1) is 13.3. The van der Waals surface area contributed by atoms with E-state index in [-0.39, 0.29) is 0 Å². The highest BCUT2D eigenvalue weighted by Gasteiger charge is 2.18. The minimum atomic E-state index is 0.611. The molecular formula is C20H23N5O2. The molecule has 7 heteroatoms. The summed E-state index contributed by atoms with van der Waals surface area (Å²) < 4.78 is 11.0. The molecule has 0 radical (unpaired) electrons. The number of hydrogen-bond donors (Lipinski definition) is 1. The number of benzene rings is 1. The maximum atomic E-state index is 5.59. The SMILES string of the molecule is Cc1noc(-c2ccccc2)c1-c1ccnc(NCCN2CCOCC2)n1. The smallest absolute Gasteiger partial charge is 0.223 e. The zero-order valence-corrected chi connectivity index (χ0v) is 15.4. The van der Waals surface area contributed by atoms with Crippen LogP contribution in [-0.4, -0.2) is 59.4 Å². The Bertz CT molecular complexity index is 875. The number of nitrogens with one attached hydrogen (secondary N) is 1. The van der Waals surface area contributed by atoms with Crippen LogP contribution in [0, 0.1) is 6.92 Å². The summed E-state index contributed by atoms with van der Waals surface area (Å²) in [5.74, 6) is 1.34. The molecule has 0 atom stereocenters. The number of morpholine rings is 1. The van der Waals surface area contributed by atoms with E-state index in [1.165, 1.54) is 0 Å². The Morgan fingerprint density at radius 1 is 1.11 bits per heavy atom. The molecule has 0 saturated carbocycles. The molecule has 3 aromatic rings. The van der Waals surface area contributed by atoms with Gasteiger partial charge in [0.2, 0.25) is 5.95 Å². The van der Waals surface area contributed by atoms with Gasteiger partial charge in [-0.15, -0.1) is 0 Å². The van der Waals surface area contributed by atoms with Gasteiger partial charge in [0.15, 0.2) is 5.76 Å². The number of anilines is 1. The van der Waals surface area contributed by atoms with Gasteiger partial charge in [0, 0.05) is 37.9 Å². The number of hydrogen-bond acceptors (Lipinski definition) is 7. The third-order valence-corrected chi connectivity index (χ3v) is 4.63. The predicted molar refractivity (Wildman–Crippen MR) is 103 cm³/mol. The number of nitrogens with zero attached hydrogens (tertiary/aromatic N) is 4. The van der Waals surface area contributed by atoms with Gasteiger partial charge in [0.25, 0.3) is 0 Å². The van der Waals surface area contributed by atoms with Gasteiger partial charge in [-0.2, -0.15) is 0 Å². The third kappa shape index (κ3) is 4.15. The van der Waals surface area contributed by atoms with E-state index in [0.29, 0.717) is 5.95 Å². The Kier molecular flexibility index (Phi) is 5.41. The average Bonchev–Trinajstić information content (AvgIpc) is 3.11. The molecule has 2 aromatic heterocycles. The molecule has 1 aliphatic heterocycles. The van der Waals surface area contributed by atoms with Gasteiger partial charge >= 0.3 is 0 Å². The summed E-state index contributed by atoms with van der Waals surface area (Å²) in [5, 5.41) is 7.47. The Balaban J connectivity index is 1.50. The summed E-state index contributed by atoms with van der Waals surface area (Å²) in [6.45, 7) is 7.23. The lowest BCUT2D eigenvalue weighted by Gasteiger charge is -2.26. The first-order valence-corrected chi connectivity index (χ1v) is 9.20. The highest BCUT2D eigenvalue weighted by molar-refractivity contribution is 5.79. The molecule has 0 spiro atoms. The summed E-state index contributed by atoms with van der Waals surface area (Å²) >= 11 is 0. The molecule has 140 valence electrons. The zero-order valence-electron chi connectivity index (χ0n) is 15.4. The second-order valence-electron chi connectivity index (χ2n) is 6.48. The molecule has 3 heterocycles. The Morgan fingerprint density at radius 3 is 2.74 bits per heavy atom. The molecule has 1 fully saturated rings. The second kappa shape index (κ2) is 8.28. The monoisotopic (exact) mass is 365 g/mol. The Morgan fingerprint density at radius 2 is 1.93 bits per heavy atom. The van der Waals surface area contributed by atoms with Crippen LogP contribution in [0.5, 0.6) is 0 Å². The lowest BCUT2D eigenvalue weighted by molar-refractivity contribution is 0.0398. The number of aryl methyl sites for hydroxylation is 1. The lowest BCUT2D eigenvalue weighted by atomic mass is 10.0. The summed E-state index contributed by atoms with van der Waals surface area (Å²) in [4.78, 5) is 11.4. The summed E-state index contributed by atoms with van der Waals surface area (Å²) in [6, 6.07) is 11.8.